The Hall–Kier alpha value is -3.17. The predicted molar refractivity (Wildman–Crippen MR) is 116 cm³/mol. The zero-order chi connectivity index (χ0) is 21.7. The second-order valence-electron chi connectivity index (χ2n) is 7.10. The predicted octanol–water partition coefficient (Wildman–Crippen LogP) is 2.56. The number of rotatable bonds is 7. The highest BCUT2D eigenvalue weighted by molar-refractivity contribution is 7.89. The minimum Gasteiger partial charge on any atom is -0.338 e. The van der Waals surface area contributed by atoms with E-state index in [0.29, 0.717) is 25.2 Å². The molecule has 3 rings (SSSR count). The van der Waals surface area contributed by atoms with Crippen molar-refractivity contribution in [1.29, 1.82) is 0 Å². The van der Waals surface area contributed by atoms with Crippen LogP contribution in [0.5, 0.6) is 0 Å². The normalized spacial score (nSPS) is 11.3. The SMILES string of the molecule is Cc1cc(C)n(Cc2cccc(NC(=O)NCCc3ccc(S(N)(=O)=O)cc3)c2)n1. The fourth-order valence-corrected chi connectivity index (χ4v) is 3.61. The molecule has 0 saturated carbocycles. The van der Waals surface area contributed by atoms with E-state index in [1.54, 1.807) is 12.1 Å². The van der Waals surface area contributed by atoms with Gasteiger partial charge in [0.05, 0.1) is 17.1 Å². The van der Waals surface area contributed by atoms with Crippen molar-refractivity contribution < 1.29 is 13.2 Å². The molecule has 1 heterocycles. The topological polar surface area (TPSA) is 119 Å². The van der Waals surface area contributed by atoms with Crippen LogP contribution in [-0.4, -0.2) is 30.8 Å². The number of carbonyl (C=O) groups is 1. The van der Waals surface area contributed by atoms with Crippen molar-refractivity contribution in [2.75, 3.05) is 11.9 Å². The van der Waals surface area contributed by atoms with Gasteiger partial charge in [0.1, 0.15) is 0 Å². The Morgan fingerprint density at radius 3 is 2.43 bits per heavy atom. The fourth-order valence-electron chi connectivity index (χ4n) is 3.10. The Kier molecular flexibility index (Phi) is 6.53. The first-order valence-electron chi connectivity index (χ1n) is 9.47. The molecule has 2 aromatic carbocycles. The van der Waals surface area contributed by atoms with Crippen molar-refractivity contribution in [3.63, 3.8) is 0 Å². The largest absolute Gasteiger partial charge is 0.338 e. The Balaban J connectivity index is 1.51. The number of hydrogen-bond donors (Lipinski definition) is 3. The maximum Gasteiger partial charge on any atom is 0.319 e. The summed E-state index contributed by atoms with van der Waals surface area (Å²) in [6.07, 6.45) is 0.566. The van der Waals surface area contributed by atoms with Crippen LogP contribution in [0.15, 0.2) is 59.5 Å². The van der Waals surface area contributed by atoms with Crippen LogP contribution >= 0.6 is 0 Å². The molecule has 0 spiro atoms. The van der Waals surface area contributed by atoms with E-state index in [4.69, 9.17) is 5.14 Å². The van der Waals surface area contributed by atoms with Gasteiger partial charge in [-0.3, -0.25) is 4.68 Å². The van der Waals surface area contributed by atoms with Crippen molar-refractivity contribution in [3.05, 3.63) is 77.1 Å². The van der Waals surface area contributed by atoms with Crippen LogP contribution in [0.3, 0.4) is 0 Å². The van der Waals surface area contributed by atoms with Gasteiger partial charge >= 0.3 is 6.03 Å². The first kappa shape index (κ1) is 21.5. The molecule has 0 aliphatic carbocycles. The van der Waals surface area contributed by atoms with E-state index in [0.717, 1.165) is 22.5 Å². The zero-order valence-corrected chi connectivity index (χ0v) is 17.7. The van der Waals surface area contributed by atoms with Crippen LogP contribution in [-0.2, 0) is 23.0 Å². The second kappa shape index (κ2) is 9.10. The maximum atomic E-state index is 12.2. The summed E-state index contributed by atoms with van der Waals surface area (Å²) in [6.45, 7) is 5.01. The zero-order valence-electron chi connectivity index (χ0n) is 16.9. The number of urea groups is 1. The molecule has 0 atom stereocenters. The molecule has 4 N–H and O–H groups in total. The van der Waals surface area contributed by atoms with Crippen LogP contribution in [0.2, 0.25) is 0 Å². The Morgan fingerprint density at radius 2 is 1.80 bits per heavy atom. The standard InChI is InChI=1S/C21H25N5O3S/c1-15-12-16(2)26(25-15)14-18-4-3-5-19(13-18)24-21(27)23-11-10-17-6-8-20(9-7-17)30(22,28)29/h3-9,12-13H,10-11,14H2,1-2H3,(H2,22,28,29)(H2,23,24,27). The second-order valence-corrected chi connectivity index (χ2v) is 8.67. The molecule has 0 radical (unpaired) electrons. The number of hydrogen-bond acceptors (Lipinski definition) is 4. The van der Waals surface area contributed by atoms with Gasteiger partial charge in [-0.1, -0.05) is 24.3 Å². The van der Waals surface area contributed by atoms with Gasteiger partial charge in [0.2, 0.25) is 10.0 Å². The maximum absolute atomic E-state index is 12.2. The van der Waals surface area contributed by atoms with Crippen molar-refractivity contribution in [2.24, 2.45) is 5.14 Å². The smallest absolute Gasteiger partial charge is 0.319 e. The third-order valence-electron chi connectivity index (χ3n) is 4.57. The minimum atomic E-state index is -3.70. The number of aryl methyl sites for hydroxylation is 2. The van der Waals surface area contributed by atoms with Crippen molar-refractivity contribution in [1.82, 2.24) is 15.1 Å². The molecule has 9 heteroatoms. The molecule has 158 valence electrons. The Labute approximate surface area is 176 Å². The highest BCUT2D eigenvalue weighted by Crippen LogP contribution is 2.13. The summed E-state index contributed by atoms with van der Waals surface area (Å²) in [4.78, 5) is 12.2. The number of nitrogens with one attached hydrogen (secondary N) is 2. The number of benzene rings is 2. The highest BCUT2D eigenvalue weighted by Gasteiger charge is 2.08. The van der Waals surface area contributed by atoms with E-state index in [9.17, 15) is 13.2 Å². The summed E-state index contributed by atoms with van der Waals surface area (Å²) in [6, 6.07) is 15.6. The van der Waals surface area contributed by atoms with Crippen LogP contribution in [0.1, 0.15) is 22.5 Å². The molecule has 8 nitrogen and oxygen atoms in total. The van der Waals surface area contributed by atoms with Crippen LogP contribution < -0.4 is 15.8 Å². The van der Waals surface area contributed by atoms with Gasteiger partial charge in [-0.2, -0.15) is 5.10 Å². The molecular weight excluding hydrogens is 402 g/mol. The van der Waals surface area contributed by atoms with Crippen molar-refractivity contribution >= 4 is 21.7 Å². The number of primary sulfonamides is 1. The summed E-state index contributed by atoms with van der Waals surface area (Å²) in [5.41, 5.74) is 4.69. The molecule has 1 aromatic heterocycles. The van der Waals surface area contributed by atoms with Gasteiger partial charge in [-0.05, 0) is 61.7 Å². The van der Waals surface area contributed by atoms with E-state index in [1.165, 1.54) is 12.1 Å². The first-order valence-corrected chi connectivity index (χ1v) is 11.0. The summed E-state index contributed by atoms with van der Waals surface area (Å²) >= 11 is 0. The molecule has 0 bridgehead atoms. The number of anilines is 1. The number of sulfonamides is 1. The number of nitrogens with two attached hydrogens (primary N) is 1. The lowest BCUT2D eigenvalue weighted by Crippen LogP contribution is -2.30. The van der Waals surface area contributed by atoms with Crippen LogP contribution in [0, 0.1) is 13.8 Å². The summed E-state index contributed by atoms with van der Waals surface area (Å²) in [5, 5.41) is 15.2. The summed E-state index contributed by atoms with van der Waals surface area (Å²) in [7, 11) is -3.70. The van der Waals surface area contributed by atoms with E-state index in [2.05, 4.69) is 15.7 Å². The molecule has 2 amide bonds. The minimum absolute atomic E-state index is 0.0669. The van der Waals surface area contributed by atoms with E-state index in [-0.39, 0.29) is 10.9 Å². The molecule has 30 heavy (non-hydrogen) atoms. The number of nitrogens with zero attached hydrogens (tertiary/aromatic N) is 2. The molecule has 0 saturated heterocycles. The molecule has 0 aliphatic heterocycles. The average molecular weight is 428 g/mol. The molecule has 0 aliphatic rings. The first-order chi connectivity index (χ1) is 14.2. The van der Waals surface area contributed by atoms with Gasteiger partial charge in [-0.15, -0.1) is 0 Å². The summed E-state index contributed by atoms with van der Waals surface area (Å²) < 4.78 is 24.5. The van der Waals surface area contributed by atoms with Crippen molar-refractivity contribution in [2.45, 2.75) is 31.7 Å². The third-order valence-corrected chi connectivity index (χ3v) is 5.50. The quantitative estimate of drug-likeness (QED) is 0.537. The Bertz CT molecular complexity index is 1140. The van der Waals surface area contributed by atoms with E-state index >= 15 is 0 Å². The molecule has 3 aromatic rings. The van der Waals surface area contributed by atoms with E-state index < -0.39 is 10.0 Å². The molecule has 0 unspecified atom stereocenters. The third kappa shape index (κ3) is 5.91. The van der Waals surface area contributed by atoms with Crippen molar-refractivity contribution in [3.8, 4) is 0 Å². The fraction of sp³-hybridized carbons (Fsp3) is 0.238. The lowest BCUT2D eigenvalue weighted by Gasteiger charge is -2.10. The average Bonchev–Trinajstić information content (AvgIpc) is 2.98. The summed E-state index contributed by atoms with van der Waals surface area (Å²) in [5.74, 6) is 0. The molecule has 0 fully saturated rings. The van der Waals surface area contributed by atoms with Gasteiger partial charge in [0.25, 0.3) is 0 Å². The number of carbonyl (C=O) groups excluding carboxylic acids is 1. The van der Waals surface area contributed by atoms with Gasteiger partial charge in [-0.25, -0.2) is 18.4 Å². The Morgan fingerprint density at radius 1 is 1.07 bits per heavy atom. The lowest BCUT2D eigenvalue weighted by molar-refractivity contribution is 0.252. The monoisotopic (exact) mass is 427 g/mol. The number of amides is 2. The van der Waals surface area contributed by atoms with Crippen LogP contribution in [0.4, 0.5) is 10.5 Å². The number of aromatic nitrogens is 2. The van der Waals surface area contributed by atoms with Gasteiger partial charge in [0.15, 0.2) is 0 Å². The molecular formula is C21H25N5O3S. The lowest BCUT2D eigenvalue weighted by atomic mass is 10.1. The highest BCUT2D eigenvalue weighted by atomic mass is 32.2. The van der Waals surface area contributed by atoms with Crippen LogP contribution in [0.25, 0.3) is 0 Å². The van der Waals surface area contributed by atoms with E-state index in [1.807, 2.05) is 48.9 Å². The van der Waals surface area contributed by atoms with Gasteiger partial charge in [0, 0.05) is 17.9 Å². The van der Waals surface area contributed by atoms with Gasteiger partial charge < -0.3 is 10.6 Å².